The number of rotatable bonds is 4. The monoisotopic (exact) mass is 226 g/mol. The Kier molecular flexibility index (Phi) is 9.48. The first-order valence-electron chi connectivity index (χ1n) is 3.77. The predicted molar refractivity (Wildman–Crippen MR) is 52.3 cm³/mol. The highest BCUT2D eigenvalue weighted by Crippen LogP contribution is 1.89. The number of hydrogen-bond acceptors (Lipinski definition) is 5. The third kappa shape index (κ3) is 6.50. The lowest BCUT2D eigenvalue weighted by Gasteiger charge is -2.08. The van der Waals surface area contributed by atoms with E-state index in [9.17, 15) is 9.59 Å². The Bertz CT molecular complexity index is 189. The Labute approximate surface area is 88.5 Å². The van der Waals surface area contributed by atoms with Gasteiger partial charge in [-0.1, -0.05) is 0 Å². The molecule has 0 spiro atoms. The Morgan fingerprint density at radius 1 is 1.36 bits per heavy atom. The molecule has 0 heterocycles. The van der Waals surface area contributed by atoms with E-state index in [1.807, 2.05) is 0 Å². The smallest absolute Gasteiger partial charge is 0.406 e. The van der Waals surface area contributed by atoms with E-state index in [-0.39, 0.29) is 19.0 Å². The van der Waals surface area contributed by atoms with E-state index in [1.165, 1.54) is 14.2 Å². The van der Waals surface area contributed by atoms with Crippen LogP contribution in [-0.2, 0) is 14.3 Å². The fourth-order valence-electron chi connectivity index (χ4n) is 0.671. The molecule has 0 radical (unpaired) electrons. The third-order valence-electron chi connectivity index (χ3n) is 1.41. The lowest BCUT2D eigenvalue weighted by molar-refractivity contribution is -0.142. The summed E-state index contributed by atoms with van der Waals surface area (Å²) in [6, 6.07) is -0.706. The van der Waals surface area contributed by atoms with Gasteiger partial charge in [0.25, 0.3) is 0 Å². The van der Waals surface area contributed by atoms with Crippen LogP contribution in [0.4, 0.5) is 4.79 Å². The minimum atomic E-state index is -0.706. The molecule has 0 aliphatic carbocycles. The number of methoxy groups -OCH3 is 2. The second kappa shape index (κ2) is 8.58. The van der Waals surface area contributed by atoms with Gasteiger partial charge in [-0.2, -0.15) is 0 Å². The molecule has 0 bridgehead atoms. The minimum absolute atomic E-state index is 0. The van der Waals surface area contributed by atoms with E-state index in [1.54, 1.807) is 0 Å². The van der Waals surface area contributed by atoms with E-state index >= 15 is 0 Å². The standard InChI is InChI=1S/C7H14N2O4.ClH/c1-12-6(10)5(8)3-4-9-7(11)13-2;/h5H,3-4,8H2,1-2H3,(H,9,11);1H. The molecule has 1 amide bonds. The maximum absolute atomic E-state index is 10.8. The molecule has 6 nitrogen and oxygen atoms in total. The summed E-state index contributed by atoms with van der Waals surface area (Å²) in [5.41, 5.74) is 5.39. The van der Waals surface area contributed by atoms with Crippen molar-refractivity contribution in [3.63, 3.8) is 0 Å². The molecule has 1 atom stereocenters. The van der Waals surface area contributed by atoms with Crippen molar-refractivity contribution in [1.82, 2.24) is 5.32 Å². The molecule has 1 unspecified atom stereocenters. The second-order valence-corrected chi connectivity index (χ2v) is 2.34. The van der Waals surface area contributed by atoms with Gasteiger partial charge in [0.05, 0.1) is 14.2 Å². The third-order valence-corrected chi connectivity index (χ3v) is 1.41. The molecule has 0 aromatic heterocycles. The van der Waals surface area contributed by atoms with Crippen molar-refractivity contribution in [1.29, 1.82) is 0 Å². The van der Waals surface area contributed by atoms with Gasteiger partial charge >= 0.3 is 12.1 Å². The highest BCUT2D eigenvalue weighted by Gasteiger charge is 2.13. The number of ether oxygens (including phenoxy) is 2. The van der Waals surface area contributed by atoms with Gasteiger partial charge in [0.1, 0.15) is 6.04 Å². The van der Waals surface area contributed by atoms with Crippen LogP contribution in [0.3, 0.4) is 0 Å². The highest BCUT2D eigenvalue weighted by atomic mass is 35.5. The van der Waals surface area contributed by atoms with Crippen molar-refractivity contribution >= 4 is 24.5 Å². The van der Waals surface area contributed by atoms with Crippen molar-refractivity contribution in [3.8, 4) is 0 Å². The molecule has 14 heavy (non-hydrogen) atoms. The van der Waals surface area contributed by atoms with Crippen LogP contribution in [0.25, 0.3) is 0 Å². The lowest BCUT2D eigenvalue weighted by Crippen LogP contribution is -2.36. The Morgan fingerprint density at radius 2 is 1.93 bits per heavy atom. The van der Waals surface area contributed by atoms with Gasteiger partial charge in [-0.05, 0) is 6.42 Å². The summed E-state index contributed by atoms with van der Waals surface area (Å²) in [5, 5.41) is 2.39. The number of nitrogens with two attached hydrogens (primary N) is 1. The summed E-state index contributed by atoms with van der Waals surface area (Å²) in [5.74, 6) is -0.494. The van der Waals surface area contributed by atoms with E-state index in [4.69, 9.17) is 5.73 Å². The zero-order chi connectivity index (χ0) is 10.3. The zero-order valence-electron chi connectivity index (χ0n) is 8.11. The summed E-state index contributed by atoms with van der Waals surface area (Å²) < 4.78 is 8.70. The van der Waals surface area contributed by atoms with Gasteiger partial charge in [0.2, 0.25) is 0 Å². The summed E-state index contributed by atoms with van der Waals surface area (Å²) in [6.07, 6.45) is -0.223. The van der Waals surface area contributed by atoms with Crippen LogP contribution in [0.5, 0.6) is 0 Å². The summed E-state index contributed by atoms with van der Waals surface area (Å²) in [4.78, 5) is 21.3. The molecule has 0 fully saturated rings. The van der Waals surface area contributed by atoms with Crippen LogP contribution >= 0.6 is 12.4 Å². The molecular formula is C7H15ClN2O4. The molecule has 0 aromatic carbocycles. The lowest BCUT2D eigenvalue weighted by atomic mass is 10.2. The number of esters is 1. The number of hydrogen-bond donors (Lipinski definition) is 2. The van der Waals surface area contributed by atoms with Gasteiger partial charge in [0, 0.05) is 6.54 Å². The van der Waals surface area contributed by atoms with Gasteiger partial charge in [-0.3, -0.25) is 4.79 Å². The first-order chi connectivity index (χ1) is 6.11. The van der Waals surface area contributed by atoms with Crippen LogP contribution in [0.15, 0.2) is 0 Å². The zero-order valence-corrected chi connectivity index (χ0v) is 8.93. The SMILES string of the molecule is COC(=O)NCCC(N)C(=O)OC.Cl. The largest absolute Gasteiger partial charge is 0.468 e. The van der Waals surface area contributed by atoms with Gasteiger partial charge in [0.15, 0.2) is 0 Å². The van der Waals surface area contributed by atoms with Crippen LogP contribution in [0.2, 0.25) is 0 Å². The van der Waals surface area contributed by atoms with E-state index in [2.05, 4.69) is 14.8 Å². The minimum Gasteiger partial charge on any atom is -0.468 e. The Hall–Kier alpha value is -1.01. The summed E-state index contributed by atoms with van der Waals surface area (Å²) in [6.45, 7) is 0.281. The Balaban J connectivity index is 0. The van der Waals surface area contributed by atoms with Crippen LogP contribution in [0.1, 0.15) is 6.42 Å². The van der Waals surface area contributed by atoms with Crippen molar-refractivity contribution in [2.75, 3.05) is 20.8 Å². The number of nitrogens with one attached hydrogen (secondary N) is 1. The molecule has 0 saturated heterocycles. The first kappa shape index (κ1) is 15.5. The fraction of sp³-hybridized carbons (Fsp3) is 0.714. The van der Waals surface area contributed by atoms with Crippen LogP contribution in [-0.4, -0.2) is 38.9 Å². The summed E-state index contributed by atoms with van der Waals surface area (Å²) in [7, 11) is 2.52. The predicted octanol–water partition coefficient (Wildman–Crippen LogP) is -0.345. The van der Waals surface area contributed by atoms with E-state index in [0.717, 1.165) is 0 Å². The molecule has 3 N–H and O–H groups in total. The molecule has 7 heteroatoms. The topological polar surface area (TPSA) is 90.6 Å². The number of carbonyl (C=O) groups excluding carboxylic acids is 2. The van der Waals surface area contributed by atoms with Crippen LogP contribution < -0.4 is 11.1 Å². The molecule has 0 saturated carbocycles. The van der Waals surface area contributed by atoms with Gasteiger partial charge in [-0.15, -0.1) is 12.4 Å². The van der Waals surface area contributed by atoms with Gasteiger partial charge in [-0.25, -0.2) is 4.79 Å². The van der Waals surface area contributed by atoms with Crippen molar-refractivity contribution in [2.45, 2.75) is 12.5 Å². The van der Waals surface area contributed by atoms with Crippen molar-refractivity contribution < 1.29 is 19.1 Å². The molecule has 0 rings (SSSR count). The van der Waals surface area contributed by atoms with Crippen molar-refractivity contribution in [2.24, 2.45) is 5.73 Å². The first-order valence-corrected chi connectivity index (χ1v) is 3.77. The fourth-order valence-corrected chi connectivity index (χ4v) is 0.671. The van der Waals surface area contributed by atoms with Crippen molar-refractivity contribution in [3.05, 3.63) is 0 Å². The molecule has 0 aromatic rings. The maximum Gasteiger partial charge on any atom is 0.406 e. The molecule has 84 valence electrons. The number of amides is 1. The van der Waals surface area contributed by atoms with Crippen LogP contribution in [0, 0.1) is 0 Å². The van der Waals surface area contributed by atoms with E-state index < -0.39 is 18.1 Å². The maximum atomic E-state index is 10.8. The van der Waals surface area contributed by atoms with Gasteiger partial charge < -0.3 is 20.5 Å². The summed E-state index contributed by atoms with van der Waals surface area (Å²) >= 11 is 0. The molecule has 0 aliphatic rings. The average molecular weight is 227 g/mol. The quantitative estimate of drug-likeness (QED) is 0.640. The number of halogens is 1. The molecular weight excluding hydrogens is 212 g/mol. The highest BCUT2D eigenvalue weighted by molar-refractivity contribution is 5.85. The normalized spacial score (nSPS) is 10.8. The number of alkyl carbamates (subject to hydrolysis) is 1. The molecule has 0 aliphatic heterocycles. The average Bonchev–Trinajstić information content (AvgIpc) is 2.15. The second-order valence-electron chi connectivity index (χ2n) is 2.34. The number of carbonyl (C=O) groups is 2. The Morgan fingerprint density at radius 3 is 2.36 bits per heavy atom. The van der Waals surface area contributed by atoms with E-state index in [0.29, 0.717) is 6.42 Å².